The molecule has 1 amide bonds. The van der Waals surface area contributed by atoms with E-state index < -0.39 is 5.91 Å². The molecule has 2 aromatic carbocycles. The van der Waals surface area contributed by atoms with Crippen molar-refractivity contribution in [3.63, 3.8) is 0 Å². The number of nitrogens with one attached hydrogen (secondary N) is 1. The molecule has 0 atom stereocenters. The van der Waals surface area contributed by atoms with Crippen molar-refractivity contribution in [3.8, 4) is 0 Å². The average Bonchev–Trinajstić information content (AvgIpc) is 2.62. The Morgan fingerprint density at radius 2 is 1.88 bits per heavy atom. The number of carbonyl (C=O) groups is 1. The number of aryl methyl sites for hydroxylation is 1. The van der Waals surface area contributed by atoms with E-state index in [2.05, 4.69) is 15.6 Å². The predicted octanol–water partition coefficient (Wildman–Crippen LogP) is 1.67. The fraction of sp³-hybridized carbons (Fsp3) is 0.111. The minimum Gasteiger partial charge on any atom is -0.399 e. The monoisotopic (exact) mass is 335 g/mol. The Bertz CT molecular complexity index is 1050. The molecule has 3 rings (SSSR count). The van der Waals surface area contributed by atoms with Gasteiger partial charge in [-0.15, -0.1) is 0 Å². The molecule has 0 spiro atoms. The van der Waals surface area contributed by atoms with Gasteiger partial charge >= 0.3 is 0 Å². The van der Waals surface area contributed by atoms with Gasteiger partial charge in [-0.2, -0.15) is 10.2 Å². The number of amides is 1. The third-order valence-electron chi connectivity index (χ3n) is 3.80. The summed E-state index contributed by atoms with van der Waals surface area (Å²) in [5.74, 6) is -0.491. The van der Waals surface area contributed by atoms with Crippen LogP contribution in [0.15, 0.2) is 58.4 Å². The van der Waals surface area contributed by atoms with E-state index in [-0.39, 0.29) is 11.3 Å². The third kappa shape index (κ3) is 3.25. The van der Waals surface area contributed by atoms with Gasteiger partial charge in [0.15, 0.2) is 5.69 Å². The molecule has 0 unspecified atom stereocenters. The lowest BCUT2D eigenvalue weighted by molar-refractivity contribution is 0.0949. The zero-order valence-electron chi connectivity index (χ0n) is 13.9. The number of nitrogens with two attached hydrogens (primary N) is 1. The second-order valence-electron chi connectivity index (χ2n) is 5.59. The molecule has 7 heteroatoms. The summed E-state index contributed by atoms with van der Waals surface area (Å²) in [4.78, 5) is 24.6. The van der Waals surface area contributed by atoms with Crippen molar-refractivity contribution in [2.45, 2.75) is 6.92 Å². The zero-order valence-corrected chi connectivity index (χ0v) is 13.9. The number of carbonyl (C=O) groups excluding carboxylic acids is 1. The summed E-state index contributed by atoms with van der Waals surface area (Å²) < 4.78 is 1.14. The van der Waals surface area contributed by atoms with Gasteiger partial charge < -0.3 is 5.73 Å². The number of nitrogens with zero attached hydrogens (tertiary/aromatic N) is 3. The van der Waals surface area contributed by atoms with E-state index in [9.17, 15) is 9.59 Å². The number of fused-ring (bicyclic) bond motifs is 1. The lowest BCUT2D eigenvalue weighted by Gasteiger charge is -2.07. The van der Waals surface area contributed by atoms with Crippen LogP contribution in [0.4, 0.5) is 5.69 Å². The summed E-state index contributed by atoms with van der Waals surface area (Å²) in [7, 11) is 1.51. The molecule has 0 saturated carbocycles. The molecule has 0 aliphatic rings. The van der Waals surface area contributed by atoms with Crippen LogP contribution in [0.3, 0.4) is 0 Å². The minimum atomic E-state index is -0.491. The summed E-state index contributed by atoms with van der Waals surface area (Å²) >= 11 is 0. The first kappa shape index (κ1) is 16.4. The number of aromatic nitrogens is 2. The Morgan fingerprint density at radius 1 is 1.16 bits per heavy atom. The fourth-order valence-corrected chi connectivity index (χ4v) is 2.48. The molecular weight excluding hydrogens is 318 g/mol. The maximum atomic E-state index is 12.5. The summed E-state index contributed by atoms with van der Waals surface area (Å²) in [5, 5.41) is 9.09. The van der Waals surface area contributed by atoms with Gasteiger partial charge in [0.05, 0.1) is 11.1 Å². The van der Waals surface area contributed by atoms with E-state index in [1.165, 1.54) is 7.05 Å². The first-order chi connectivity index (χ1) is 12.0. The van der Waals surface area contributed by atoms with Crippen LogP contribution < -0.4 is 16.7 Å². The number of anilines is 1. The fourth-order valence-electron chi connectivity index (χ4n) is 2.48. The van der Waals surface area contributed by atoms with Crippen LogP contribution in [-0.2, 0) is 7.05 Å². The molecule has 0 radical (unpaired) electrons. The molecule has 0 aliphatic heterocycles. The van der Waals surface area contributed by atoms with Gasteiger partial charge in [-0.05, 0) is 30.7 Å². The highest BCUT2D eigenvalue weighted by Gasteiger charge is 2.15. The number of nitrogen functional groups attached to an aromatic ring is 1. The molecule has 126 valence electrons. The maximum absolute atomic E-state index is 12.5. The minimum absolute atomic E-state index is 0.141. The molecule has 0 saturated heterocycles. The van der Waals surface area contributed by atoms with E-state index in [0.717, 1.165) is 10.2 Å². The summed E-state index contributed by atoms with van der Waals surface area (Å²) in [6.45, 7) is 1.77. The molecular formula is C18H17N5O2. The molecule has 1 aromatic heterocycles. The lowest BCUT2D eigenvalue weighted by Crippen LogP contribution is -2.27. The number of rotatable bonds is 3. The number of hydrogen-bond donors (Lipinski definition) is 2. The summed E-state index contributed by atoms with van der Waals surface area (Å²) in [6.07, 6.45) is 0. The van der Waals surface area contributed by atoms with Crippen LogP contribution >= 0.6 is 0 Å². The van der Waals surface area contributed by atoms with Crippen molar-refractivity contribution in [2.24, 2.45) is 12.1 Å². The summed E-state index contributed by atoms with van der Waals surface area (Å²) in [6, 6.07) is 14.1. The Morgan fingerprint density at radius 3 is 2.60 bits per heavy atom. The van der Waals surface area contributed by atoms with Gasteiger partial charge in [-0.3, -0.25) is 9.59 Å². The molecule has 0 bridgehead atoms. The van der Waals surface area contributed by atoms with Gasteiger partial charge in [-0.1, -0.05) is 30.3 Å². The first-order valence-electron chi connectivity index (χ1n) is 7.64. The molecule has 25 heavy (non-hydrogen) atoms. The Kier molecular flexibility index (Phi) is 4.30. The predicted molar refractivity (Wildman–Crippen MR) is 97.5 cm³/mol. The van der Waals surface area contributed by atoms with Crippen molar-refractivity contribution in [1.82, 2.24) is 15.2 Å². The van der Waals surface area contributed by atoms with E-state index in [4.69, 9.17) is 5.73 Å². The first-order valence-corrected chi connectivity index (χ1v) is 7.64. The van der Waals surface area contributed by atoms with Crippen molar-refractivity contribution >= 4 is 28.1 Å². The van der Waals surface area contributed by atoms with Crippen LogP contribution in [-0.4, -0.2) is 21.4 Å². The lowest BCUT2D eigenvalue weighted by atomic mass is 10.1. The van der Waals surface area contributed by atoms with Crippen LogP contribution in [0.2, 0.25) is 0 Å². The van der Waals surface area contributed by atoms with Crippen LogP contribution in [0.5, 0.6) is 0 Å². The smallest absolute Gasteiger partial charge is 0.292 e. The molecule has 0 aliphatic carbocycles. The molecule has 7 nitrogen and oxygen atoms in total. The van der Waals surface area contributed by atoms with Crippen LogP contribution in [0.25, 0.3) is 10.8 Å². The van der Waals surface area contributed by atoms with E-state index >= 15 is 0 Å². The second-order valence-corrected chi connectivity index (χ2v) is 5.59. The van der Waals surface area contributed by atoms with Gasteiger partial charge in [0.25, 0.3) is 11.5 Å². The standard InChI is InChI=1S/C18H17N5O2/c1-11(12-6-5-7-13(19)10-12)20-21-17(24)16-14-8-3-4-9-15(14)18(25)23(2)22-16/h3-10H,19H2,1-2H3,(H,21,24)/b20-11-. The molecule has 0 fully saturated rings. The largest absolute Gasteiger partial charge is 0.399 e. The van der Waals surface area contributed by atoms with Crippen LogP contribution in [0, 0.1) is 0 Å². The van der Waals surface area contributed by atoms with Crippen molar-refractivity contribution in [3.05, 3.63) is 70.1 Å². The highest BCUT2D eigenvalue weighted by Crippen LogP contribution is 2.13. The van der Waals surface area contributed by atoms with Crippen LogP contribution in [0.1, 0.15) is 23.0 Å². The zero-order chi connectivity index (χ0) is 18.0. The summed E-state index contributed by atoms with van der Waals surface area (Å²) in [5.41, 5.74) is 10.1. The molecule has 3 N–H and O–H groups in total. The van der Waals surface area contributed by atoms with Crippen molar-refractivity contribution < 1.29 is 4.79 Å². The van der Waals surface area contributed by atoms with Crippen molar-refractivity contribution in [2.75, 3.05) is 5.73 Å². The van der Waals surface area contributed by atoms with Gasteiger partial charge in [0.1, 0.15) is 0 Å². The molecule has 3 aromatic rings. The topological polar surface area (TPSA) is 102 Å². The number of hydrazone groups is 1. The number of hydrogen-bond acceptors (Lipinski definition) is 5. The Labute approximate surface area is 143 Å². The number of benzene rings is 2. The molecule has 1 heterocycles. The van der Waals surface area contributed by atoms with Gasteiger partial charge in [0, 0.05) is 18.1 Å². The SMILES string of the molecule is C/C(=N/NC(=O)c1nn(C)c(=O)c2ccccc12)c1cccc(N)c1. The normalized spacial score (nSPS) is 11.5. The Hall–Kier alpha value is -3.48. The van der Waals surface area contributed by atoms with E-state index in [1.807, 2.05) is 12.1 Å². The van der Waals surface area contributed by atoms with Gasteiger partial charge in [0.2, 0.25) is 0 Å². The Balaban J connectivity index is 1.94. The maximum Gasteiger partial charge on any atom is 0.292 e. The van der Waals surface area contributed by atoms with Gasteiger partial charge in [-0.25, -0.2) is 10.1 Å². The van der Waals surface area contributed by atoms with E-state index in [1.54, 1.807) is 43.3 Å². The van der Waals surface area contributed by atoms with E-state index in [0.29, 0.717) is 22.2 Å². The van der Waals surface area contributed by atoms with Crippen molar-refractivity contribution in [1.29, 1.82) is 0 Å². The average molecular weight is 335 g/mol. The highest BCUT2D eigenvalue weighted by atomic mass is 16.2. The highest BCUT2D eigenvalue weighted by molar-refractivity contribution is 6.06. The quantitative estimate of drug-likeness (QED) is 0.432. The second kappa shape index (κ2) is 6.56. The third-order valence-corrected chi connectivity index (χ3v) is 3.80.